The summed E-state index contributed by atoms with van der Waals surface area (Å²) in [7, 11) is 0. The highest BCUT2D eigenvalue weighted by molar-refractivity contribution is 5.13. The van der Waals surface area contributed by atoms with Crippen LogP contribution in [0.1, 0.15) is 34.6 Å². The molecule has 2 nitrogen and oxygen atoms in total. The maximum atomic E-state index is 4.95. The molecular weight excluding hydrogens is 176 g/mol. The zero-order valence-corrected chi connectivity index (χ0v) is 10.2. The van der Waals surface area contributed by atoms with Crippen molar-refractivity contribution >= 4 is 0 Å². The van der Waals surface area contributed by atoms with Gasteiger partial charge in [0.05, 0.1) is 0 Å². The highest BCUT2D eigenvalue weighted by Gasteiger charge is 2.07. The van der Waals surface area contributed by atoms with E-state index in [0.717, 1.165) is 11.5 Å². The van der Waals surface area contributed by atoms with Gasteiger partial charge in [0.2, 0.25) is 6.79 Å². The molecule has 1 rings (SSSR count). The van der Waals surface area contributed by atoms with Gasteiger partial charge in [-0.2, -0.15) is 0 Å². The smallest absolute Gasteiger partial charge is 0.230 e. The Morgan fingerprint density at radius 3 is 1.64 bits per heavy atom. The van der Waals surface area contributed by atoms with Gasteiger partial charge in [-0.1, -0.05) is 34.3 Å². The van der Waals surface area contributed by atoms with Crippen LogP contribution in [0.25, 0.3) is 0 Å². The molecule has 1 aliphatic heterocycles. The lowest BCUT2D eigenvalue weighted by Gasteiger charge is -1.88. The van der Waals surface area contributed by atoms with E-state index in [9.17, 15) is 0 Å². The van der Waals surface area contributed by atoms with Crippen molar-refractivity contribution in [2.45, 2.75) is 34.6 Å². The van der Waals surface area contributed by atoms with Crippen molar-refractivity contribution in [2.75, 3.05) is 6.79 Å². The molecule has 2 heteroatoms. The van der Waals surface area contributed by atoms with Crippen LogP contribution in [0.15, 0.2) is 37.3 Å². The first kappa shape index (κ1) is 18.6. The molecule has 0 radical (unpaired) electrons. The highest BCUT2D eigenvalue weighted by Crippen LogP contribution is 2.14. The average molecular weight is 200 g/mol. The Bertz CT molecular complexity index is 148. The van der Waals surface area contributed by atoms with Crippen LogP contribution in [0.3, 0.4) is 0 Å². The summed E-state index contributed by atoms with van der Waals surface area (Å²) in [5, 5.41) is 0. The van der Waals surface area contributed by atoms with Gasteiger partial charge in [0, 0.05) is 0 Å². The molecule has 0 unspecified atom stereocenters. The molecule has 14 heavy (non-hydrogen) atoms. The number of allylic oxidation sites excluding steroid dienone is 2. The van der Waals surface area contributed by atoms with Crippen LogP contribution in [0, 0.1) is 0 Å². The van der Waals surface area contributed by atoms with E-state index >= 15 is 0 Å². The normalized spacial score (nSPS) is 11.2. The van der Waals surface area contributed by atoms with Crippen LogP contribution in [0.2, 0.25) is 0 Å². The van der Waals surface area contributed by atoms with E-state index in [1.807, 2.05) is 34.6 Å². The molecule has 0 aromatic heterocycles. The highest BCUT2D eigenvalue weighted by atomic mass is 16.7. The quantitative estimate of drug-likeness (QED) is 0.589. The second-order valence-corrected chi connectivity index (χ2v) is 1.53. The summed E-state index contributed by atoms with van der Waals surface area (Å²) >= 11 is 0. The van der Waals surface area contributed by atoms with E-state index in [1.54, 1.807) is 6.08 Å². The summed E-state index contributed by atoms with van der Waals surface area (Å²) < 4.78 is 9.90. The van der Waals surface area contributed by atoms with Gasteiger partial charge >= 0.3 is 0 Å². The summed E-state index contributed by atoms with van der Waals surface area (Å²) in [6.07, 6.45) is 1.64. The fourth-order valence-corrected chi connectivity index (χ4v) is 0.557. The number of rotatable bonds is 1. The van der Waals surface area contributed by atoms with Crippen LogP contribution in [0.4, 0.5) is 0 Å². The average Bonchev–Trinajstić information content (AvgIpc) is 2.72. The number of hydrogen-bond donors (Lipinski definition) is 0. The predicted octanol–water partition coefficient (Wildman–Crippen LogP) is 4.26. The lowest BCUT2D eigenvalue weighted by Crippen LogP contribution is -1.80. The molecule has 0 atom stereocenters. The van der Waals surface area contributed by atoms with Gasteiger partial charge in [-0.05, 0) is 13.0 Å². The number of hydrogen-bond acceptors (Lipinski definition) is 2. The maximum Gasteiger partial charge on any atom is 0.230 e. The second kappa shape index (κ2) is 17.8. The minimum absolute atomic E-state index is 0.340. The third-order valence-corrected chi connectivity index (χ3v) is 1.02. The Balaban J connectivity index is -0.000000174. The largest absolute Gasteiger partial charge is 0.458 e. The van der Waals surface area contributed by atoms with Crippen molar-refractivity contribution < 1.29 is 9.47 Å². The molecular formula is C12H24O2. The van der Waals surface area contributed by atoms with Crippen molar-refractivity contribution in [3.8, 4) is 0 Å². The van der Waals surface area contributed by atoms with Gasteiger partial charge in [0.1, 0.15) is 5.76 Å². The molecule has 0 fully saturated rings. The molecule has 0 bridgehead atoms. The fraction of sp³-hybridized carbons (Fsp3) is 0.500. The SMILES string of the molecule is C=C.C=CC1=C(C)OCO1.CC.CC. The van der Waals surface area contributed by atoms with Gasteiger partial charge in [0.25, 0.3) is 0 Å². The number of ether oxygens (including phenoxy) is 2. The molecule has 0 saturated carbocycles. The molecule has 0 amide bonds. The summed E-state index contributed by atoms with van der Waals surface area (Å²) in [6.45, 7) is 19.7. The predicted molar refractivity (Wildman–Crippen MR) is 63.9 cm³/mol. The van der Waals surface area contributed by atoms with Crippen LogP contribution >= 0.6 is 0 Å². The summed E-state index contributed by atoms with van der Waals surface area (Å²) in [5.74, 6) is 1.57. The fourth-order valence-electron chi connectivity index (χ4n) is 0.557. The Morgan fingerprint density at radius 1 is 1.07 bits per heavy atom. The first-order valence-electron chi connectivity index (χ1n) is 4.93. The molecule has 0 aliphatic carbocycles. The third-order valence-electron chi connectivity index (χ3n) is 1.02. The van der Waals surface area contributed by atoms with Crippen molar-refractivity contribution in [1.29, 1.82) is 0 Å². The summed E-state index contributed by atoms with van der Waals surface area (Å²) in [5.41, 5.74) is 0. The van der Waals surface area contributed by atoms with Crippen molar-refractivity contribution in [1.82, 2.24) is 0 Å². The van der Waals surface area contributed by atoms with Gasteiger partial charge in [-0.3, -0.25) is 0 Å². The Hall–Kier alpha value is -1.18. The molecule has 0 spiro atoms. The molecule has 0 N–H and O–H groups in total. The van der Waals surface area contributed by atoms with Crippen molar-refractivity contribution in [3.05, 3.63) is 37.3 Å². The van der Waals surface area contributed by atoms with Crippen molar-refractivity contribution in [3.63, 3.8) is 0 Å². The first-order chi connectivity index (χ1) is 6.84. The topological polar surface area (TPSA) is 18.5 Å². The molecule has 84 valence electrons. The minimum Gasteiger partial charge on any atom is -0.458 e. The van der Waals surface area contributed by atoms with Crippen LogP contribution in [-0.4, -0.2) is 6.79 Å². The molecule has 1 heterocycles. The molecule has 0 saturated heterocycles. The van der Waals surface area contributed by atoms with E-state index in [0.29, 0.717) is 6.79 Å². The van der Waals surface area contributed by atoms with E-state index in [2.05, 4.69) is 19.7 Å². The van der Waals surface area contributed by atoms with Gasteiger partial charge in [-0.25, -0.2) is 0 Å². The van der Waals surface area contributed by atoms with E-state index < -0.39 is 0 Å². The Labute approximate surface area is 88.9 Å². The van der Waals surface area contributed by atoms with Crippen molar-refractivity contribution in [2.24, 2.45) is 0 Å². The standard InChI is InChI=1S/C6H8O2.2C2H6.C2H4/c1-3-6-5(2)7-4-8-6;3*1-2/h3H,1,4H2,2H3;2*1-2H3;1-2H2. The second-order valence-electron chi connectivity index (χ2n) is 1.53. The van der Waals surface area contributed by atoms with E-state index in [1.165, 1.54) is 0 Å². The Kier molecular flexibility index (Phi) is 23.6. The molecule has 0 aromatic rings. The maximum absolute atomic E-state index is 4.95. The third kappa shape index (κ3) is 8.91. The summed E-state index contributed by atoms with van der Waals surface area (Å²) in [6, 6.07) is 0. The van der Waals surface area contributed by atoms with Gasteiger partial charge in [0.15, 0.2) is 5.76 Å². The van der Waals surface area contributed by atoms with Gasteiger partial charge in [-0.15, -0.1) is 13.2 Å². The van der Waals surface area contributed by atoms with E-state index in [4.69, 9.17) is 9.47 Å². The van der Waals surface area contributed by atoms with Gasteiger partial charge < -0.3 is 9.47 Å². The molecule has 1 aliphatic rings. The van der Waals surface area contributed by atoms with Crippen LogP contribution in [0.5, 0.6) is 0 Å². The first-order valence-corrected chi connectivity index (χ1v) is 4.93. The summed E-state index contributed by atoms with van der Waals surface area (Å²) in [4.78, 5) is 0. The monoisotopic (exact) mass is 200 g/mol. The zero-order chi connectivity index (χ0) is 12.0. The van der Waals surface area contributed by atoms with Crippen LogP contribution < -0.4 is 0 Å². The Morgan fingerprint density at radius 2 is 1.50 bits per heavy atom. The molecule has 0 aromatic carbocycles. The lowest BCUT2D eigenvalue weighted by molar-refractivity contribution is 0.0750. The zero-order valence-electron chi connectivity index (χ0n) is 10.2. The van der Waals surface area contributed by atoms with Crippen LogP contribution in [-0.2, 0) is 9.47 Å². The lowest BCUT2D eigenvalue weighted by atomic mass is 10.4. The van der Waals surface area contributed by atoms with E-state index in [-0.39, 0.29) is 0 Å². The minimum atomic E-state index is 0.340.